The summed E-state index contributed by atoms with van der Waals surface area (Å²) in [4.78, 5) is 0. The fourth-order valence-corrected chi connectivity index (χ4v) is 1.13. The highest BCUT2D eigenvalue weighted by Gasteiger charge is 1.97. The van der Waals surface area contributed by atoms with Crippen LogP contribution in [0.5, 0.6) is 0 Å². The maximum atomic E-state index is 4.01. The number of unbranched alkanes of at least 4 members (excludes halogenated alkanes) is 2. The van der Waals surface area contributed by atoms with E-state index in [4.69, 9.17) is 0 Å². The number of nitrogens with one attached hydrogen (secondary N) is 1. The highest BCUT2D eigenvalue weighted by atomic mass is 14.9. The molecule has 0 fully saturated rings. The summed E-state index contributed by atoms with van der Waals surface area (Å²) in [6.07, 6.45) is 6.37. The largest absolute Gasteiger partial charge is 0.314 e. The Kier molecular flexibility index (Phi) is 8.03. The molecule has 0 spiro atoms. The molecule has 0 rings (SSSR count). The van der Waals surface area contributed by atoms with E-state index >= 15 is 0 Å². The lowest BCUT2D eigenvalue weighted by molar-refractivity contribution is 0.525. The van der Waals surface area contributed by atoms with E-state index in [9.17, 15) is 0 Å². The molecule has 1 unspecified atom stereocenters. The van der Waals surface area contributed by atoms with Gasteiger partial charge in [-0.1, -0.05) is 33.1 Å². The van der Waals surface area contributed by atoms with Gasteiger partial charge in [-0.3, -0.25) is 0 Å². The van der Waals surface area contributed by atoms with Crippen LogP contribution in [0.4, 0.5) is 0 Å². The van der Waals surface area contributed by atoms with Gasteiger partial charge in [-0.05, 0) is 26.3 Å². The first kappa shape index (κ1) is 11.0. The van der Waals surface area contributed by atoms with E-state index in [2.05, 4.69) is 26.1 Å². The molecule has 1 nitrogen and oxygen atoms in total. The minimum Gasteiger partial charge on any atom is -0.314 e. The Bertz CT molecular complexity index is 71.3. The monoisotopic (exact) mass is 156 g/mol. The molecule has 0 aromatic heterocycles. The third-order valence-corrected chi connectivity index (χ3v) is 1.85. The van der Waals surface area contributed by atoms with Crippen molar-refractivity contribution in [2.45, 2.75) is 52.0 Å². The second-order valence-corrected chi connectivity index (χ2v) is 3.15. The zero-order chi connectivity index (χ0) is 8.53. The topological polar surface area (TPSA) is 12.0 Å². The van der Waals surface area contributed by atoms with Gasteiger partial charge in [0.15, 0.2) is 0 Å². The van der Waals surface area contributed by atoms with Crippen molar-refractivity contribution in [3.8, 4) is 0 Å². The number of rotatable bonds is 7. The third kappa shape index (κ3) is 7.86. The number of hydrogen-bond acceptors (Lipinski definition) is 1. The summed E-state index contributed by atoms with van der Waals surface area (Å²) in [5.74, 6) is 0. The molecule has 0 saturated carbocycles. The van der Waals surface area contributed by atoms with Gasteiger partial charge in [-0.2, -0.15) is 0 Å². The Morgan fingerprint density at radius 2 is 1.91 bits per heavy atom. The van der Waals surface area contributed by atoms with Crippen LogP contribution in [0.3, 0.4) is 0 Å². The van der Waals surface area contributed by atoms with Crippen molar-refractivity contribution < 1.29 is 0 Å². The van der Waals surface area contributed by atoms with Crippen molar-refractivity contribution >= 4 is 0 Å². The molecule has 0 aromatic carbocycles. The van der Waals surface area contributed by atoms with Crippen LogP contribution in [0, 0.1) is 6.92 Å². The van der Waals surface area contributed by atoms with Crippen LogP contribution in [-0.2, 0) is 0 Å². The van der Waals surface area contributed by atoms with Gasteiger partial charge in [0.2, 0.25) is 0 Å². The van der Waals surface area contributed by atoms with E-state index in [1.165, 1.54) is 32.1 Å². The zero-order valence-electron chi connectivity index (χ0n) is 8.03. The lowest BCUT2D eigenvalue weighted by Gasteiger charge is -2.11. The second-order valence-electron chi connectivity index (χ2n) is 3.15. The van der Waals surface area contributed by atoms with Crippen LogP contribution in [0.25, 0.3) is 0 Å². The number of hydrogen-bond donors (Lipinski definition) is 1. The second kappa shape index (κ2) is 8.06. The molecule has 1 atom stereocenters. The summed E-state index contributed by atoms with van der Waals surface area (Å²) in [6.45, 7) is 9.59. The molecule has 0 aliphatic rings. The molecule has 1 N–H and O–H groups in total. The van der Waals surface area contributed by atoms with Crippen molar-refractivity contribution in [2.24, 2.45) is 0 Å². The lowest BCUT2D eigenvalue weighted by Crippen LogP contribution is -2.26. The fourth-order valence-electron chi connectivity index (χ4n) is 1.13. The summed E-state index contributed by atoms with van der Waals surface area (Å²) in [6, 6.07) is 0.469. The zero-order valence-corrected chi connectivity index (χ0v) is 8.03. The molecule has 0 aliphatic carbocycles. The lowest BCUT2D eigenvalue weighted by atomic mass is 10.2. The van der Waals surface area contributed by atoms with Crippen LogP contribution in [0.2, 0.25) is 0 Å². The molecule has 1 radical (unpaired) electrons. The van der Waals surface area contributed by atoms with Crippen molar-refractivity contribution in [2.75, 3.05) is 6.54 Å². The first-order valence-corrected chi connectivity index (χ1v) is 4.87. The first-order valence-electron chi connectivity index (χ1n) is 4.87. The fraction of sp³-hybridized carbons (Fsp3) is 0.900. The molecule has 0 heterocycles. The maximum absolute atomic E-state index is 4.01. The van der Waals surface area contributed by atoms with Crippen LogP contribution in [0.15, 0.2) is 0 Å². The normalized spacial score (nSPS) is 13.4. The molecule has 67 valence electrons. The minimum absolute atomic E-state index is 0.469. The molecule has 0 aliphatic heterocycles. The van der Waals surface area contributed by atoms with Gasteiger partial charge in [0.25, 0.3) is 0 Å². The van der Waals surface area contributed by atoms with Gasteiger partial charge in [0, 0.05) is 6.04 Å². The van der Waals surface area contributed by atoms with Gasteiger partial charge in [-0.25, -0.2) is 0 Å². The Morgan fingerprint density at radius 3 is 2.45 bits per heavy atom. The Morgan fingerprint density at radius 1 is 1.18 bits per heavy atom. The Balaban J connectivity index is 2.97. The van der Waals surface area contributed by atoms with Crippen molar-refractivity contribution in [1.82, 2.24) is 5.32 Å². The van der Waals surface area contributed by atoms with Gasteiger partial charge in [-0.15, -0.1) is 0 Å². The van der Waals surface area contributed by atoms with Gasteiger partial charge in [0.1, 0.15) is 0 Å². The minimum atomic E-state index is 0.469. The summed E-state index contributed by atoms with van der Waals surface area (Å²) < 4.78 is 0. The predicted octanol–water partition coefficient (Wildman–Crippen LogP) is 2.77. The van der Waals surface area contributed by atoms with Crippen molar-refractivity contribution in [3.63, 3.8) is 0 Å². The Hall–Kier alpha value is -0.0400. The van der Waals surface area contributed by atoms with E-state index in [-0.39, 0.29) is 0 Å². The maximum Gasteiger partial charge on any atom is 0.00675 e. The molecule has 1 heteroatoms. The van der Waals surface area contributed by atoms with E-state index in [1.54, 1.807) is 0 Å². The standard InChI is InChI=1S/C10H22N/c1-4-6-7-9-11-10(3)8-5-2/h10-11H,3-9H2,1-2H3. The summed E-state index contributed by atoms with van der Waals surface area (Å²) in [5, 5.41) is 3.41. The first-order chi connectivity index (χ1) is 5.31. The third-order valence-electron chi connectivity index (χ3n) is 1.85. The summed E-state index contributed by atoms with van der Waals surface area (Å²) in [5.41, 5.74) is 0. The molecular formula is C10H22N. The molecule has 0 bridgehead atoms. The SMILES string of the molecule is [CH2]C(CCC)NCCCCC. The van der Waals surface area contributed by atoms with Crippen LogP contribution < -0.4 is 5.32 Å². The van der Waals surface area contributed by atoms with Gasteiger partial charge < -0.3 is 5.32 Å². The molecule has 0 amide bonds. The van der Waals surface area contributed by atoms with Crippen LogP contribution in [0.1, 0.15) is 46.0 Å². The molecule has 0 saturated heterocycles. The molecule has 11 heavy (non-hydrogen) atoms. The molecular weight excluding hydrogens is 134 g/mol. The van der Waals surface area contributed by atoms with Crippen molar-refractivity contribution in [1.29, 1.82) is 0 Å². The van der Waals surface area contributed by atoms with Gasteiger partial charge in [0.05, 0.1) is 0 Å². The Labute approximate surface area is 71.6 Å². The van der Waals surface area contributed by atoms with E-state index in [1.807, 2.05) is 0 Å². The highest BCUT2D eigenvalue weighted by Crippen LogP contribution is 1.96. The summed E-state index contributed by atoms with van der Waals surface area (Å²) in [7, 11) is 0. The van der Waals surface area contributed by atoms with Gasteiger partial charge >= 0.3 is 0 Å². The van der Waals surface area contributed by atoms with Crippen molar-refractivity contribution in [3.05, 3.63) is 6.92 Å². The van der Waals surface area contributed by atoms with E-state index in [0.717, 1.165) is 6.54 Å². The quantitative estimate of drug-likeness (QED) is 0.559. The van der Waals surface area contributed by atoms with E-state index < -0.39 is 0 Å². The average Bonchev–Trinajstić information content (AvgIpc) is 1.99. The van der Waals surface area contributed by atoms with Crippen LogP contribution in [-0.4, -0.2) is 12.6 Å². The summed E-state index contributed by atoms with van der Waals surface area (Å²) >= 11 is 0. The highest BCUT2D eigenvalue weighted by molar-refractivity contribution is 4.67. The average molecular weight is 156 g/mol. The van der Waals surface area contributed by atoms with Crippen LogP contribution >= 0.6 is 0 Å². The smallest absolute Gasteiger partial charge is 0.00675 e. The van der Waals surface area contributed by atoms with E-state index in [0.29, 0.717) is 6.04 Å². The molecule has 0 aromatic rings. The predicted molar refractivity (Wildman–Crippen MR) is 51.6 cm³/mol.